The molecule has 0 atom stereocenters. The molecule has 0 saturated heterocycles. The number of nitrogens with one attached hydrogen (secondary N) is 2. The summed E-state index contributed by atoms with van der Waals surface area (Å²) in [4.78, 5) is 0.154. The van der Waals surface area contributed by atoms with E-state index in [4.69, 9.17) is 0 Å². The number of phenolic OH excluding ortho intramolecular Hbond substituents is 1. The molecule has 3 rings (SSSR count). The van der Waals surface area contributed by atoms with Gasteiger partial charge in [0, 0.05) is 4.47 Å². The molecule has 0 amide bonds. The molecule has 3 aromatic carbocycles. The van der Waals surface area contributed by atoms with E-state index in [2.05, 4.69) is 25.6 Å². The fraction of sp³-hybridized carbons (Fsp3) is 0. The number of benzene rings is 3. The molecule has 5 nitrogen and oxygen atoms in total. The zero-order valence-corrected chi connectivity index (χ0v) is 16.0. The van der Waals surface area contributed by atoms with Gasteiger partial charge >= 0.3 is 10.0 Å². The first-order chi connectivity index (χ1) is 12.4. The summed E-state index contributed by atoms with van der Waals surface area (Å²) in [5.41, 5.74) is 1.32. The molecule has 0 aliphatic rings. The first kappa shape index (κ1) is 18.2. The van der Waals surface area contributed by atoms with Gasteiger partial charge in [0.25, 0.3) is 5.84 Å². The SMILES string of the molecule is O=S(=O)([NH+]=C(Nc1ccc(O)cc1)c1ccccc1)c1ccc(Br)cc1. The Bertz CT molecular complexity index is 1020. The molecule has 0 aliphatic carbocycles. The molecule has 3 aromatic rings. The lowest BCUT2D eigenvalue weighted by atomic mass is 10.2. The van der Waals surface area contributed by atoms with E-state index in [9.17, 15) is 13.5 Å². The number of hydrogen-bond donors (Lipinski definition) is 3. The van der Waals surface area contributed by atoms with E-state index in [0.717, 1.165) is 4.47 Å². The van der Waals surface area contributed by atoms with Crippen molar-refractivity contribution in [3.8, 4) is 5.75 Å². The van der Waals surface area contributed by atoms with Crippen LogP contribution >= 0.6 is 15.9 Å². The number of rotatable bonds is 4. The molecule has 0 radical (unpaired) electrons. The zero-order chi connectivity index (χ0) is 18.6. The number of amidine groups is 1. The number of aromatic hydroxyl groups is 1. The van der Waals surface area contributed by atoms with E-state index in [1.807, 2.05) is 18.2 Å². The average molecular weight is 432 g/mol. The van der Waals surface area contributed by atoms with Gasteiger partial charge in [-0.25, -0.2) is 5.32 Å². The molecule has 7 heteroatoms. The summed E-state index contributed by atoms with van der Waals surface area (Å²) in [5, 5.41) is 12.5. The van der Waals surface area contributed by atoms with Crippen molar-refractivity contribution in [3.05, 3.63) is 88.9 Å². The van der Waals surface area contributed by atoms with Gasteiger partial charge in [0.05, 0.1) is 5.56 Å². The summed E-state index contributed by atoms with van der Waals surface area (Å²) in [6, 6.07) is 21.8. The standard InChI is InChI=1S/C19H15BrN2O3S/c20-15-6-12-18(13-7-15)26(24,25)22-19(14-4-2-1-3-5-14)21-16-8-10-17(23)11-9-16/h1-13,23H,(H,21,22)/p+1. The van der Waals surface area contributed by atoms with Crippen LogP contribution < -0.4 is 9.71 Å². The maximum Gasteiger partial charge on any atom is 0.328 e. The number of phenols is 1. The minimum absolute atomic E-state index is 0.132. The average Bonchev–Trinajstić information content (AvgIpc) is 2.64. The lowest BCUT2D eigenvalue weighted by Crippen LogP contribution is -2.78. The third-order valence-corrected chi connectivity index (χ3v) is 5.45. The van der Waals surface area contributed by atoms with Crippen LogP contribution in [0.5, 0.6) is 5.75 Å². The Hall–Kier alpha value is -2.64. The van der Waals surface area contributed by atoms with Gasteiger partial charge in [0.2, 0.25) is 0 Å². The summed E-state index contributed by atoms with van der Waals surface area (Å²) < 4.78 is 28.9. The largest absolute Gasteiger partial charge is 0.508 e. The molecule has 0 spiro atoms. The van der Waals surface area contributed by atoms with Crippen molar-refractivity contribution in [2.75, 3.05) is 5.32 Å². The summed E-state index contributed by atoms with van der Waals surface area (Å²) in [6.07, 6.45) is 0. The summed E-state index contributed by atoms with van der Waals surface area (Å²) in [7, 11) is -3.77. The molecule has 0 aromatic heterocycles. The second kappa shape index (κ2) is 7.72. The van der Waals surface area contributed by atoms with Crippen LogP contribution in [0.1, 0.15) is 5.56 Å². The number of anilines is 1. The normalized spacial score (nSPS) is 12.0. The lowest BCUT2D eigenvalue weighted by Gasteiger charge is -2.05. The highest BCUT2D eigenvalue weighted by Crippen LogP contribution is 2.15. The quantitative estimate of drug-likeness (QED) is 0.336. The van der Waals surface area contributed by atoms with Crippen molar-refractivity contribution < 1.29 is 17.9 Å². The Morgan fingerprint density at radius 2 is 1.50 bits per heavy atom. The van der Waals surface area contributed by atoms with Crippen LogP contribution in [-0.2, 0) is 10.0 Å². The second-order valence-electron chi connectivity index (χ2n) is 5.47. The van der Waals surface area contributed by atoms with Crippen molar-refractivity contribution >= 4 is 37.5 Å². The Balaban J connectivity index is 2.03. The smallest absolute Gasteiger partial charge is 0.328 e. The maximum atomic E-state index is 12.7. The third-order valence-electron chi connectivity index (χ3n) is 3.56. The van der Waals surface area contributed by atoms with E-state index in [1.54, 1.807) is 36.4 Å². The molecule has 0 saturated carbocycles. The van der Waals surface area contributed by atoms with Crippen LogP contribution in [0.15, 0.2) is 88.2 Å². The van der Waals surface area contributed by atoms with E-state index in [1.165, 1.54) is 24.3 Å². The highest BCUT2D eigenvalue weighted by molar-refractivity contribution is 9.10. The van der Waals surface area contributed by atoms with Crippen LogP contribution in [0.2, 0.25) is 0 Å². The highest BCUT2D eigenvalue weighted by atomic mass is 79.9. The monoisotopic (exact) mass is 431 g/mol. The molecule has 0 fully saturated rings. The zero-order valence-electron chi connectivity index (χ0n) is 13.6. The van der Waals surface area contributed by atoms with Gasteiger partial charge < -0.3 is 5.11 Å². The van der Waals surface area contributed by atoms with Gasteiger partial charge in [-0.05, 0) is 60.7 Å². The molecule has 0 bridgehead atoms. The molecule has 26 heavy (non-hydrogen) atoms. The molecule has 0 unspecified atom stereocenters. The van der Waals surface area contributed by atoms with Gasteiger partial charge in [-0.3, -0.25) is 0 Å². The van der Waals surface area contributed by atoms with Crippen LogP contribution in [0.3, 0.4) is 0 Å². The first-order valence-electron chi connectivity index (χ1n) is 7.71. The minimum atomic E-state index is -3.77. The molecule has 132 valence electrons. The van der Waals surface area contributed by atoms with E-state index >= 15 is 0 Å². The topological polar surface area (TPSA) is 80.4 Å². The Kier molecular flexibility index (Phi) is 5.39. The molecule has 3 N–H and O–H groups in total. The van der Waals surface area contributed by atoms with Crippen LogP contribution in [0, 0.1) is 0 Å². The van der Waals surface area contributed by atoms with E-state index in [0.29, 0.717) is 17.1 Å². The van der Waals surface area contributed by atoms with Crippen molar-refractivity contribution in [1.29, 1.82) is 0 Å². The Labute approximate surface area is 160 Å². The lowest BCUT2D eigenvalue weighted by molar-refractivity contribution is -0.266. The summed E-state index contributed by atoms with van der Waals surface area (Å²) >= 11 is 3.30. The molecule has 0 heterocycles. The highest BCUT2D eigenvalue weighted by Gasteiger charge is 2.20. The number of sulfonamides is 1. The maximum absolute atomic E-state index is 12.7. The van der Waals surface area contributed by atoms with Gasteiger partial charge in [-0.2, -0.15) is 12.8 Å². The number of hydrogen-bond acceptors (Lipinski definition) is 3. The number of halogens is 1. The molecular formula is C19H16BrN2O3S+. The van der Waals surface area contributed by atoms with Gasteiger partial charge in [-0.15, -0.1) is 0 Å². The van der Waals surface area contributed by atoms with Crippen LogP contribution in [0.4, 0.5) is 5.69 Å². The van der Waals surface area contributed by atoms with Crippen LogP contribution in [0.25, 0.3) is 0 Å². The van der Waals surface area contributed by atoms with Crippen molar-refractivity contribution in [2.24, 2.45) is 0 Å². The third kappa shape index (κ3) is 4.50. The fourth-order valence-corrected chi connectivity index (χ4v) is 3.57. The fourth-order valence-electron chi connectivity index (χ4n) is 2.26. The molecular weight excluding hydrogens is 416 g/mol. The Morgan fingerprint density at radius 3 is 2.12 bits per heavy atom. The van der Waals surface area contributed by atoms with Crippen molar-refractivity contribution in [2.45, 2.75) is 4.90 Å². The summed E-state index contributed by atoms with van der Waals surface area (Å²) in [5.74, 6) is 0.450. The predicted molar refractivity (Wildman–Crippen MR) is 105 cm³/mol. The predicted octanol–water partition coefficient (Wildman–Crippen LogP) is 2.48. The second-order valence-corrected chi connectivity index (χ2v) is 8.07. The van der Waals surface area contributed by atoms with Gasteiger partial charge in [-0.1, -0.05) is 34.1 Å². The summed E-state index contributed by atoms with van der Waals surface area (Å²) in [6.45, 7) is 0. The molecule has 0 aliphatic heterocycles. The van der Waals surface area contributed by atoms with Gasteiger partial charge in [0.15, 0.2) is 0 Å². The van der Waals surface area contributed by atoms with Crippen molar-refractivity contribution in [3.63, 3.8) is 0 Å². The first-order valence-corrected chi connectivity index (χ1v) is 9.98. The Morgan fingerprint density at radius 1 is 0.885 bits per heavy atom. The van der Waals surface area contributed by atoms with E-state index in [-0.39, 0.29) is 10.6 Å². The van der Waals surface area contributed by atoms with Gasteiger partial charge in [0.1, 0.15) is 16.3 Å². The van der Waals surface area contributed by atoms with E-state index < -0.39 is 10.0 Å². The minimum Gasteiger partial charge on any atom is -0.508 e. The van der Waals surface area contributed by atoms with Crippen LogP contribution in [-0.4, -0.2) is 19.4 Å². The van der Waals surface area contributed by atoms with Crippen molar-refractivity contribution in [1.82, 2.24) is 0 Å².